The summed E-state index contributed by atoms with van der Waals surface area (Å²) in [5.41, 5.74) is 1.26. The molecule has 0 radical (unpaired) electrons. The Morgan fingerprint density at radius 2 is 2.10 bits per heavy atom. The summed E-state index contributed by atoms with van der Waals surface area (Å²) in [6.07, 6.45) is -0.633. The summed E-state index contributed by atoms with van der Waals surface area (Å²) in [7, 11) is 0.0349. The Kier molecular flexibility index (Phi) is 3.87. The quantitative estimate of drug-likeness (QED) is 0.741. The minimum atomic E-state index is -3.65. The van der Waals surface area contributed by atoms with E-state index in [1.54, 1.807) is 19.1 Å². The van der Waals surface area contributed by atoms with Crippen LogP contribution in [-0.4, -0.2) is 46.2 Å². The van der Waals surface area contributed by atoms with Crippen LogP contribution in [0.3, 0.4) is 0 Å². The zero-order valence-electron chi connectivity index (χ0n) is 11.6. The van der Waals surface area contributed by atoms with Crippen LogP contribution in [0.25, 0.3) is 0 Å². The molecule has 7 nitrogen and oxygen atoms in total. The Morgan fingerprint density at radius 3 is 2.70 bits per heavy atom. The van der Waals surface area contributed by atoms with Gasteiger partial charge in [-0.25, -0.2) is 18.1 Å². The molecule has 1 aromatic carbocycles. The van der Waals surface area contributed by atoms with Crippen LogP contribution < -0.4 is 14.9 Å². The number of hydrogen-bond acceptors (Lipinski definition) is 5. The molecular formula is C12H18N4O3S. The maximum atomic E-state index is 12.2. The molecule has 1 heterocycles. The van der Waals surface area contributed by atoms with Crippen molar-refractivity contribution in [2.75, 3.05) is 30.9 Å². The molecule has 0 fully saturated rings. The molecule has 1 unspecified atom stereocenters. The van der Waals surface area contributed by atoms with Crippen molar-refractivity contribution < 1.29 is 13.5 Å². The highest BCUT2D eigenvalue weighted by Crippen LogP contribution is 2.28. The third kappa shape index (κ3) is 3.02. The van der Waals surface area contributed by atoms with E-state index in [2.05, 4.69) is 15.0 Å². The fourth-order valence-corrected chi connectivity index (χ4v) is 2.91. The monoisotopic (exact) mass is 298 g/mol. The third-order valence-electron chi connectivity index (χ3n) is 2.77. The fraction of sp³-hybridized carbons (Fsp3) is 0.417. The van der Waals surface area contributed by atoms with Crippen LogP contribution in [0.4, 0.5) is 11.4 Å². The molecule has 0 aromatic heterocycles. The van der Waals surface area contributed by atoms with Gasteiger partial charge in [0.05, 0.1) is 18.3 Å². The van der Waals surface area contributed by atoms with Crippen molar-refractivity contribution >= 4 is 27.4 Å². The van der Waals surface area contributed by atoms with Gasteiger partial charge in [-0.15, -0.1) is 0 Å². The van der Waals surface area contributed by atoms with E-state index in [-0.39, 0.29) is 17.4 Å². The number of aliphatic hydroxyl groups excluding tert-OH is 1. The normalized spacial score (nSPS) is 19.7. The molecule has 20 heavy (non-hydrogen) atoms. The molecule has 0 spiro atoms. The first-order chi connectivity index (χ1) is 9.29. The van der Waals surface area contributed by atoms with Crippen molar-refractivity contribution in [2.24, 2.45) is 4.99 Å². The Bertz CT molecular complexity index is 638. The van der Waals surface area contributed by atoms with Gasteiger partial charge in [-0.3, -0.25) is 0 Å². The number of nitrogens with zero attached hydrogens (tertiary/aromatic N) is 2. The number of aliphatic hydroxyl groups is 1. The Labute approximate surface area is 118 Å². The van der Waals surface area contributed by atoms with Gasteiger partial charge in [-0.1, -0.05) is 0 Å². The van der Waals surface area contributed by atoms with Crippen molar-refractivity contribution in [3.63, 3.8) is 0 Å². The summed E-state index contributed by atoms with van der Waals surface area (Å²) in [5.74, 6) is 0.121. The van der Waals surface area contributed by atoms with Crippen LogP contribution in [0.5, 0.6) is 0 Å². The lowest BCUT2D eigenvalue weighted by atomic mass is 10.2. The number of aliphatic imine (C=N–C) groups is 1. The summed E-state index contributed by atoms with van der Waals surface area (Å²) in [5, 5.41) is 12.1. The summed E-state index contributed by atoms with van der Waals surface area (Å²) < 4.78 is 26.7. The number of guanidine groups is 1. The molecule has 3 N–H and O–H groups in total. The second-order valence-electron chi connectivity index (χ2n) is 4.84. The van der Waals surface area contributed by atoms with E-state index in [1.165, 1.54) is 0 Å². The van der Waals surface area contributed by atoms with Gasteiger partial charge in [0.2, 0.25) is 5.96 Å². The Morgan fingerprint density at radius 1 is 1.40 bits per heavy atom. The molecule has 1 aromatic rings. The SMILES string of the molecule is CC(O)CN=C1Nc2ccc(N(C)C)cc2S(=O)(=O)N1. The molecule has 0 aliphatic carbocycles. The van der Waals surface area contributed by atoms with Crippen molar-refractivity contribution in [1.82, 2.24) is 4.72 Å². The maximum Gasteiger partial charge on any atom is 0.266 e. The number of nitrogens with one attached hydrogen (secondary N) is 2. The van der Waals surface area contributed by atoms with Crippen LogP contribution in [0.1, 0.15) is 6.92 Å². The molecule has 0 amide bonds. The molecule has 1 aliphatic heterocycles. The number of rotatable bonds is 3. The van der Waals surface area contributed by atoms with Crippen molar-refractivity contribution in [1.29, 1.82) is 0 Å². The molecule has 0 saturated heterocycles. The van der Waals surface area contributed by atoms with E-state index < -0.39 is 16.1 Å². The molecule has 2 rings (SSSR count). The zero-order valence-corrected chi connectivity index (χ0v) is 12.4. The van der Waals surface area contributed by atoms with Gasteiger partial charge >= 0.3 is 0 Å². The predicted molar refractivity (Wildman–Crippen MR) is 78.7 cm³/mol. The van der Waals surface area contributed by atoms with Crippen LogP contribution >= 0.6 is 0 Å². The fourth-order valence-electron chi connectivity index (χ4n) is 1.75. The van der Waals surface area contributed by atoms with Crippen LogP contribution in [0, 0.1) is 0 Å². The number of sulfonamides is 1. The third-order valence-corrected chi connectivity index (χ3v) is 4.15. The highest BCUT2D eigenvalue weighted by molar-refractivity contribution is 7.90. The largest absolute Gasteiger partial charge is 0.391 e. The summed E-state index contributed by atoms with van der Waals surface area (Å²) in [4.78, 5) is 6.00. The van der Waals surface area contributed by atoms with Crippen LogP contribution in [0.15, 0.2) is 28.1 Å². The molecule has 8 heteroatoms. The van der Waals surface area contributed by atoms with E-state index in [0.717, 1.165) is 5.69 Å². The number of fused-ring (bicyclic) bond motifs is 1. The molecule has 0 bridgehead atoms. The first-order valence-corrected chi connectivity index (χ1v) is 7.61. The van der Waals surface area contributed by atoms with E-state index in [1.807, 2.05) is 25.1 Å². The average molecular weight is 298 g/mol. The lowest BCUT2D eigenvalue weighted by molar-refractivity contribution is 0.204. The van der Waals surface area contributed by atoms with Gasteiger partial charge in [0, 0.05) is 19.8 Å². The van der Waals surface area contributed by atoms with Gasteiger partial charge in [-0.05, 0) is 25.1 Å². The van der Waals surface area contributed by atoms with Gasteiger partial charge in [0.15, 0.2) is 0 Å². The van der Waals surface area contributed by atoms with Crippen LogP contribution in [-0.2, 0) is 10.0 Å². The number of benzene rings is 1. The molecular weight excluding hydrogens is 280 g/mol. The summed E-state index contributed by atoms with van der Waals surface area (Å²) >= 11 is 0. The second kappa shape index (κ2) is 5.29. The van der Waals surface area contributed by atoms with E-state index >= 15 is 0 Å². The molecule has 110 valence electrons. The lowest BCUT2D eigenvalue weighted by Crippen LogP contribution is -2.41. The van der Waals surface area contributed by atoms with Crippen LogP contribution in [0.2, 0.25) is 0 Å². The predicted octanol–water partition coefficient (Wildman–Crippen LogP) is 0.193. The lowest BCUT2D eigenvalue weighted by Gasteiger charge is -2.23. The van der Waals surface area contributed by atoms with Gasteiger partial charge in [-0.2, -0.15) is 0 Å². The molecule has 1 atom stereocenters. The van der Waals surface area contributed by atoms with E-state index in [4.69, 9.17) is 0 Å². The minimum absolute atomic E-state index is 0.121. The molecule has 0 saturated carbocycles. The maximum absolute atomic E-state index is 12.2. The summed E-state index contributed by atoms with van der Waals surface area (Å²) in [6, 6.07) is 5.11. The second-order valence-corrected chi connectivity index (χ2v) is 6.49. The molecule has 1 aliphatic rings. The van der Waals surface area contributed by atoms with Gasteiger partial charge in [0.25, 0.3) is 10.0 Å². The average Bonchev–Trinajstić information content (AvgIpc) is 2.35. The van der Waals surface area contributed by atoms with Crippen molar-refractivity contribution in [3.05, 3.63) is 18.2 Å². The van der Waals surface area contributed by atoms with Gasteiger partial charge in [0.1, 0.15) is 4.90 Å². The topological polar surface area (TPSA) is 94.0 Å². The standard InChI is InChI=1S/C12H18N4O3S/c1-8(17)7-13-12-14-10-5-4-9(16(2)3)6-11(10)20(18,19)15-12/h4-6,8,17H,7H2,1-3H3,(H2,13,14,15). The number of anilines is 2. The highest BCUT2D eigenvalue weighted by atomic mass is 32.2. The first kappa shape index (κ1) is 14.6. The first-order valence-electron chi connectivity index (χ1n) is 6.13. The Balaban J connectivity index is 2.39. The van der Waals surface area contributed by atoms with Crippen molar-refractivity contribution in [3.8, 4) is 0 Å². The smallest absolute Gasteiger partial charge is 0.266 e. The highest BCUT2D eigenvalue weighted by Gasteiger charge is 2.27. The van der Waals surface area contributed by atoms with Gasteiger partial charge < -0.3 is 15.3 Å². The van der Waals surface area contributed by atoms with E-state index in [0.29, 0.717) is 5.69 Å². The zero-order chi connectivity index (χ0) is 14.9. The number of hydrogen-bond donors (Lipinski definition) is 3. The van der Waals surface area contributed by atoms with E-state index in [9.17, 15) is 13.5 Å². The minimum Gasteiger partial charge on any atom is -0.391 e. The summed E-state index contributed by atoms with van der Waals surface area (Å²) in [6.45, 7) is 1.70. The Hall–Kier alpha value is -1.80. The van der Waals surface area contributed by atoms with Crippen molar-refractivity contribution in [2.45, 2.75) is 17.9 Å².